The van der Waals surface area contributed by atoms with Crippen LogP contribution in [0.25, 0.3) is 0 Å². The minimum Gasteiger partial charge on any atom is -0.496 e. The standard InChI is InChI=1S/C10H12ClN3OS/c1-15-9-3-2-8(11)6-7(9)4-5-13-14-10(12)16/h2-3,5-6H,4H2,1H3,(H3,12,14,16)/b13-5-. The van der Waals surface area contributed by atoms with Crippen LogP contribution in [0.15, 0.2) is 23.3 Å². The highest BCUT2D eigenvalue weighted by Crippen LogP contribution is 2.22. The lowest BCUT2D eigenvalue weighted by atomic mass is 10.1. The third-order valence-corrected chi connectivity index (χ3v) is 2.15. The summed E-state index contributed by atoms with van der Waals surface area (Å²) < 4.78 is 5.19. The molecule has 0 spiro atoms. The SMILES string of the molecule is COc1ccc(Cl)cc1C/C=N\NC(N)=S. The molecule has 1 aromatic rings. The van der Waals surface area contributed by atoms with Crippen molar-refractivity contribution < 1.29 is 4.74 Å². The van der Waals surface area contributed by atoms with Gasteiger partial charge in [0.15, 0.2) is 5.11 Å². The van der Waals surface area contributed by atoms with Crippen molar-refractivity contribution in [3.05, 3.63) is 28.8 Å². The molecule has 16 heavy (non-hydrogen) atoms. The minimum atomic E-state index is 0.134. The van der Waals surface area contributed by atoms with Crippen molar-refractivity contribution in [2.75, 3.05) is 7.11 Å². The van der Waals surface area contributed by atoms with Gasteiger partial charge in [0.05, 0.1) is 7.11 Å². The molecule has 0 unspecified atom stereocenters. The van der Waals surface area contributed by atoms with E-state index in [1.165, 1.54) is 0 Å². The highest BCUT2D eigenvalue weighted by molar-refractivity contribution is 7.80. The number of hydrogen-bond acceptors (Lipinski definition) is 3. The van der Waals surface area contributed by atoms with E-state index in [0.29, 0.717) is 11.4 Å². The Hall–Kier alpha value is -1.33. The van der Waals surface area contributed by atoms with Crippen LogP contribution in [-0.4, -0.2) is 18.4 Å². The molecule has 0 amide bonds. The Morgan fingerprint density at radius 2 is 2.44 bits per heavy atom. The van der Waals surface area contributed by atoms with Crippen LogP contribution in [0.3, 0.4) is 0 Å². The van der Waals surface area contributed by atoms with E-state index in [1.54, 1.807) is 19.4 Å². The summed E-state index contributed by atoms with van der Waals surface area (Å²) in [4.78, 5) is 0. The lowest BCUT2D eigenvalue weighted by Gasteiger charge is -2.06. The van der Waals surface area contributed by atoms with E-state index in [0.717, 1.165) is 11.3 Å². The summed E-state index contributed by atoms with van der Waals surface area (Å²) in [6.07, 6.45) is 2.23. The molecule has 0 bridgehead atoms. The lowest BCUT2D eigenvalue weighted by molar-refractivity contribution is 0.411. The first-order valence-corrected chi connectivity index (χ1v) is 5.31. The van der Waals surface area contributed by atoms with Gasteiger partial charge in [0.2, 0.25) is 0 Å². The number of ether oxygens (including phenoxy) is 1. The van der Waals surface area contributed by atoms with Gasteiger partial charge in [-0.05, 0) is 30.4 Å². The molecule has 1 rings (SSSR count). The Labute approximate surface area is 104 Å². The van der Waals surface area contributed by atoms with Crippen LogP contribution in [0.1, 0.15) is 5.56 Å². The molecule has 0 radical (unpaired) electrons. The van der Waals surface area contributed by atoms with Crippen LogP contribution in [0.2, 0.25) is 5.02 Å². The smallest absolute Gasteiger partial charge is 0.184 e. The first-order valence-electron chi connectivity index (χ1n) is 4.53. The molecule has 0 fully saturated rings. The minimum absolute atomic E-state index is 0.134. The molecule has 86 valence electrons. The fraction of sp³-hybridized carbons (Fsp3) is 0.200. The third kappa shape index (κ3) is 4.04. The molecule has 6 heteroatoms. The predicted molar refractivity (Wildman–Crippen MR) is 70.1 cm³/mol. The van der Waals surface area contributed by atoms with Crippen LogP contribution >= 0.6 is 23.8 Å². The van der Waals surface area contributed by atoms with Gasteiger partial charge < -0.3 is 10.5 Å². The van der Waals surface area contributed by atoms with Gasteiger partial charge in [-0.1, -0.05) is 11.6 Å². The van der Waals surface area contributed by atoms with Crippen LogP contribution < -0.4 is 15.9 Å². The van der Waals surface area contributed by atoms with E-state index >= 15 is 0 Å². The quantitative estimate of drug-likeness (QED) is 0.490. The predicted octanol–water partition coefficient (Wildman–Crippen LogP) is 1.71. The summed E-state index contributed by atoms with van der Waals surface area (Å²) in [5.41, 5.74) is 8.63. The molecule has 0 saturated carbocycles. The highest BCUT2D eigenvalue weighted by atomic mass is 35.5. The Morgan fingerprint density at radius 1 is 1.69 bits per heavy atom. The number of nitrogens with two attached hydrogens (primary N) is 1. The maximum atomic E-state index is 5.88. The summed E-state index contributed by atoms with van der Waals surface area (Å²) in [5, 5.41) is 4.62. The van der Waals surface area contributed by atoms with Crippen molar-refractivity contribution in [1.82, 2.24) is 5.43 Å². The second-order valence-corrected chi connectivity index (χ2v) is 3.82. The number of hydrogen-bond donors (Lipinski definition) is 2. The third-order valence-electron chi connectivity index (χ3n) is 1.82. The topological polar surface area (TPSA) is 59.6 Å². The Balaban J connectivity index is 2.68. The van der Waals surface area contributed by atoms with Crippen LogP contribution in [0, 0.1) is 0 Å². The van der Waals surface area contributed by atoms with Crippen LogP contribution in [0.5, 0.6) is 5.75 Å². The fourth-order valence-electron chi connectivity index (χ4n) is 1.16. The number of rotatable bonds is 4. The van der Waals surface area contributed by atoms with E-state index < -0.39 is 0 Å². The van der Waals surface area contributed by atoms with Crippen molar-refractivity contribution in [3.63, 3.8) is 0 Å². The van der Waals surface area contributed by atoms with E-state index in [4.69, 9.17) is 22.1 Å². The molecule has 0 saturated heterocycles. The molecular weight excluding hydrogens is 246 g/mol. The second-order valence-electron chi connectivity index (χ2n) is 2.95. The van der Waals surface area contributed by atoms with Gasteiger partial charge in [-0.3, -0.25) is 5.43 Å². The van der Waals surface area contributed by atoms with Crippen LogP contribution in [-0.2, 0) is 6.42 Å². The average Bonchev–Trinajstić information content (AvgIpc) is 2.24. The summed E-state index contributed by atoms with van der Waals surface area (Å²) in [7, 11) is 1.61. The molecule has 0 atom stereocenters. The number of benzene rings is 1. The van der Waals surface area contributed by atoms with Crippen LogP contribution in [0.4, 0.5) is 0 Å². The molecule has 3 N–H and O–H groups in total. The van der Waals surface area contributed by atoms with Crippen molar-refractivity contribution in [2.24, 2.45) is 10.8 Å². The molecule has 0 heterocycles. The molecule has 0 aliphatic heterocycles. The summed E-state index contributed by atoms with van der Waals surface area (Å²) in [5.74, 6) is 0.770. The van der Waals surface area contributed by atoms with E-state index in [9.17, 15) is 0 Å². The zero-order chi connectivity index (χ0) is 12.0. The number of hydrazone groups is 1. The first-order chi connectivity index (χ1) is 7.63. The zero-order valence-corrected chi connectivity index (χ0v) is 10.3. The molecular formula is C10H12ClN3OS. The lowest BCUT2D eigenvalue weighted by Crippen LogP contribution is -2.24. The van der Waals surface area contributed by atoms with Crippen molar-refractivity contribution >= 4 is 35.1 Å². The van der Waals surface area contributed by atoms with Gasteiger partial charge >= 0.3 is 0 Å². The normalized spacial score (nSPS) is 10.4. The molecule has 0 aliphatic rings. The molecule has 1 aromatic carbocycles. The maximum Gasteiger partial charge on any atom is 0.184 e. The maximum absolute atomic E-state index is 5.88. The van der Waals surface area contributed by atoms with Gasteiger partial charge in [0, 0.05) is 23.2 Å². The number of methoxy groups -OCH3 is 1. The molecule has 0 aromatic heterocycles. The summed E-state index contributed by atoms with van der Waals surface area (Å²) in [6.45, 7) is 0. The molecule has 0 aliphatic carbocycles. The van der Waals surface area contributed by atoms with Crippen molar-refractivity contribution in [3.8, 4) is 5.75 Å². The van der Waals surface area contributed by atoms with Crippen molar-refractivity contribution in [1.29, 1.82) is 0 Å². The Bertz CT molecular complexity index is 409. The number of thiocarbonyl (C=S) groups is 1. The number of nitrogens with zero attached hydrogens (tertiary/aromatic N) is 1. The Morgan fingerprint density at radius 3 is 3.06 bits per heavy atom. The van der Waals surface area contributed by atoms with Gasteiger partial charge in [-0.2, -0.15) is 5.10 Å². The van der Waals surface area contributed by atoms with Gasteiger partial charge in [-0.25, -0.2) is 0 Å². The van der Waals surface area contributed by atoms with E-state index in [2.05, 4.69) is 22.7 Å². The second kappa shape index (κ2) is 6.30. The van der Waals surface area contributed by atoms with Gasteiger partial charge in [0.1, 0.15) is 5.75 Å². The summed E-state index contributed by atoms with van der Waals surface area (Å²) in [6, 6.07) is 5.41. The van der Waals surface area contributed by atoms with Gasteiger partial charge in [0.25, 0.3) is 0 Å². The first kappa shape index (κ1) is 12.7. The zero-order valence-electron chi connectivity index (χ0n) is 8.74. The van der Waals surface area contributed by atoms with E-state index in [-0.39, 0.29) is 5.11 Å². The Kier molecular flexibility index (Phi) is 5.01. The monoisotopic (exact) mass is 257 g/mol. The van der Waals surface area contributed by atoms with Crippen molar-refractivity contribution in [2.45, 2.75) is 6.42 Å². The average molecular weight is 258 g/mol. The number of halogens is 1. The number of nitrogens with one attached hydrogen (secondary N) is 1. The largest absolute Gasteiger partial charge is 0.496 e. The summed E-state index contributed by atoms with van der Waals surface area (Å²) >= 11 is 10.5. The van der Waals surface area contributed by atoms with E-state index in [1.807, 2.05) is 12.1 Å². The highest BCUT2D eigenvalue weighted by Gasteiger charge is 2.01. The van der Waals surface area contributed by atoms with Gasteiger partial charge in [-0.15, -0.1) is 0 Å². The molecule has 4 nitrogen and oxygen atoms in total. The fourth-order valence-corrected chi connectivity index (χ4v) is 1.41.